The molecule has 4 aromatic rings. The molecule has 0 saturated carbocycles. The average molecular weight is 416 g/mol. The molecule has 2 heterocycles. The molecular weight excluding hydrogens is 396 g/mol. The van der Waals surface area contributed by atoms with Crippen molar-refractivity contribution in [1.82, 2.24) is 15.1 Å². The second-order valence-electron chi connectivity index (χ2n) is 6.92. The second kappa shape index (κ2) is 8.66. The fourth-order valence-electron chi connectivity index (χ4n) is 2.98. The van der Waals surface area contributed by atoms with Gasteiger partial charge in [0.2, 0.25) is 0 Å². The highest BCUT2D eigenvalue weighted by atomic mass is 16.5. The molecule has 0 bridgehead atoms. The molecule has 31 heavy (non-hydrogen) atoms. The molecule has 8 nitrogen and oxygen atoms in total. The largest absolute Gasteiger partial charge is 0.508 e. The van der Waals surface area contributed by atoms with Crippen molar-refractivity contribution < 1.29 is 19.2 Å². The summed E-state index contributed by atoms with van der Waals surface area (Å²) in [6, 6.07) is 13.5. The maximum Gasteiger partial charge on any atom is 0.255 e. The molecule has 0 atom stereocenters. The molecule has 8 heteroatoms. The highest BCUT2D eigenvalue weighted by Crippen LogP contribution is 2.21. The first-order chi connectivity index (χ1) is 15.0. The van der Waals surface area contributed by atoms with Crippen molar-refractivity contribution in [2.45, 2.75) is 20.5 Å². The normalized spacial score (nSPS) is 10.6. The lowest BCUT2D eigenvalue weighted by Crippen LogP contribution is -2.12. The summed E-state index contributed by atoms with van der Waals surface area (Å²) < 4.78 is 10.9. The molecule has 1 amide bonds. The van der Waals surface area contributed by atoms with E-state index < -0.39 is 0 Å². The van der Waals surface area contributed by atoms with Crippen LogP contribution in [0.25, 0.3) is 11.4 Å². The molecule has 156 valence electrons. The van der Waals surface area contributed by atoms with Gasteiger partial charge in [-0.3, -0.25) is 4.79 Å². The number of carbonyl (C=O) groups is 1. The van der Waals surface area contributed by atoms with Crippen LogP contribution in [0.5, 0.6) is 11.5 Å². The number of aryl methyl sites for hydroxylation is 2. The van der Waals surface area contributed by atoms with Gasteiger partial charge in [0.15, 0.2) is 5.82 Å². The summed E-state index contributed by atoms with van der Waals surface area (Å²) in [6.45, 7) is 3.99. The van der Waals surface area contributed by atoms with E-state index in [0.717, 1.165) is 11.3 Å². The number of hydrogen-bond donors (Lipinski definition) is 2. The Morgan fingerprint density at radius 2 is 1.87 bits per heavy atom. The molecule has 4 rings (SSSR count). The molecule has 2 aromatic carbocycles. The van der Waals surface area contributed by atoms with E-state index in [1.165, 1.54) is 12.4 Å². The minimum Gasteiger partial charge on any atom is -0.508 e. The first kappa shape index (κ1) is 20.1. The number of rotatable bonds is 6. The minimum absolute atomic E-state index is 0.134. The minimum atomic E-state index is -0.309. The molecule has 2 aromatic heterocycles. The molecule has 0 saturated heterocycles. The molecule has 2 N–H and O–H groups in total. The number of aromatic hydroxyl groups is 1. The number of benzene rings is 2. The van der Waals surface area contributed by atoms with E-state index in [1.807, 2.05) is 13.8 Å². The zero-order valence-corrected chi connectivity index (χ0v) is 17.0. The zero-order valence-electron chi connectivity index (χ0n) is 17.0. The lowest BCUT2D eigenvalue weighted by atomic mass is 10.2. The number of anilines is 1. The van der Waals surface area contributed by atoms with Gasteiger partial charge in [0.1, 0.15) is 23.9 Å². The Bertz CT molecular complexity index is 1200. The van der Waals surface area contributed by atoms with Crippen LogP contribution in [-0.2, 0) is 6.61 Å². The van der Waals surface area contributed by atoms with Gasteiger partial charge < -0.3 is 19.7 Å². The van der Waals surface area contributed by atoms with Crippen molar-refractivity contribution in [2.24, 2.45) is 0 Å². The number of hydrogen-bond acceptors (Lipinski definition) is 7. The van der Waals surface area contributed by atoms with Crippen LogP contribution in [0.1, 0.15) is 27.4 Å². The van der Waals surface area contributed by atoms with Crippen LogP contribution >= 0.6 is 0 Å². The van der Waals surface area contributed by atoms with Gasteiger partial charge in [0, 0.05) is 11.1 Å². The molecule has 0 spiro atoms. The second-order valence-corrected chi connectivity index (χ2v) is 6.92. The summed E-state index contributed by atoms with van der Waals surface area (Å²) in [5.74, 6) is 1.54. The third-order valence-corrected chi connectivity index (χ3v) is 4.67. The lowest BCUT2D eigenvalue weighted by molar-refractivity contribution is 0.102. The summed E-state index contributed by atoms with van der Waals surface area (Å²) in [6.07, 6.45) is 3.03. The van der Waals surface area contributed by atoms with E-state index in [-0.39, 0.29) is 11.7 Å². The van der Waals surface area contributed by atoms with Gasteiger partial charge in [-0.15, -0.1) is 0 Å². The Balaban J connectivity index is 1.42. The van der Waals surface area contributed by atoms with Crippen molar-refractivity contribution in [3.05, 3.63) is 83.5 Å². The monoisotopic (exact) mass is 416 g/mol. The molecule has 0 fully saturated rings. The van der Waals surface area contributed by atoms with Crippen LogP contribution < -0.4 is 10.1 Å². The van der Waals surface area contributed by atoms with Crippen LogP contribution in [0.4, 0.5) is 5.69 Å². The summed E-state index contributed by atoms with van der Waals surface area (Å²) >= 11 is 0. The predicted molar refractivity (Wildman–Crippen MR) is 114 cm³/mol. The van der Waals surface area contributed by atoms with Gasteiger partial charge in [-0.25, -0.2) is 9.97 Å². The van der Waals surface area contributed by atoms with Gasteiger partial charge in [-0.05, 0) is 44.2 Å². The Hall–Kier alpha value is -4.20. The average Bonchev–Trinajstić information content (AvgIpc) is 3.10. The SMILES string of the molecule is Cc1noc(C)c1COc1cccc(C(=O)Nc2cnc(-c3cccc(O)c3)nc2)c1. The van der Waals surface area contributed by atoms with Gasteiger partial charge >= 0.3 is 0 Å². The van der Waals surface area contributed by atoms with Crippen LogP contribution in [-0.4, -0.2) is 26.1 Å². The molecule has 0 aliphatic heterocycles. The Labute approximate surface area is 178 Å². The third-order valence-electron chi connectivity index (χ3n) is 4.67. The van der Waals surface area contributed by atoms with Crippen LogP contribution in [0.3, 0.4) is 0 Å². The summed E-state index contributed by atoms with van der Waals surface area (Å²) in [5, 5.41) is 16.3. The summed E-state index contributed by atoms with van der Waals surface area (Å²) in [7, 11) is 0. The first-order valence-corrected chi connectivity index (χ1v) is 9.57. The number of carbonyl (C=O) groups excluding carboxylic acids is 1. The van der Waals surface area contributed by atoms with E-state index in [4.69, 9.17) is 9.26 Å². The van der Waals surface area contributed by atoms with Crippen molar-refractivity contribution in [2.75, 3.05) is 5.32 Å². The maximum atomic E-state index is 12.6. The number of nitrogens with one attached hydrogen (secondary N) is 1. The zero-order chi connectivity index (χ0) is 21.8. The predicted octanol–water partition coefficient (Wildman–Crippen LogP) is 4.29. The third kappa shape index (κ3) is 4.69. The maximum absolute atomic E-state index is 12.6. The topological polar surface area (TPSA) is 110 Å². The van der Waals surface area contributed by atoms with E-state index in [9.17, 15) is 9.90 Å². The Morgan fingerprint density at radius 3 is 2.58 bits per heavy atom. The number of ether oxygens (including phenoxy) is 1. The van der Waals surface area contributed by atoms with E-state index >= 15 is 0 Å². The van der Waals surface area contributed by atoms with Gasteiger partial charge in [-0.2, -0.15) is 0 Å². The molecular formula is C23H20N4O4. The van der Waals surface area contributed by atoms with E-state index in [0.29, 0.717) is 40.8 Å². The molecule has 0 aliphatic rings. The van der Waals surface area contributed by atoms with E-state index in [1.54, 1.807) is 48.5 Å². The quantitative estimate of drug-likeness (QED) is 0.482. The fraction of sp³-hybridized carbons (Fsp3) is 0.130. The molecule has 0 aliphatic carbocycles. The Kier molecular flexibility index (Phi) is 5.61. The lowest BCUT2D eigenvalue weighted by Gasteiger charge is -2.09. The number of phenols is 1. The summed E-state index contributed by atoms with van der Waals surface area (Å²) in [5.41, 5.74) is 3.24. The van der Waals surface area contributed by atoms with Gasteiger partial charge in [-0.1, -0.05) is 23.4 Å². The summed E-state index contributed by atoms with van der Waals surface area (Å²) in [4.78, 5) is 21.1. The molecule has 0 unspecified atom stereocenters. The van der Waals surface area contributed by atoms with Crippen LogP contribution in [0.2, 0.25) is 0 Å². The standard InChI is InChI=1S/C23H20N4O4/c1-14-21(15(2)31-27-14)13-30-20-8-4-6-17(10-20)23(29)26-18-11-24-22(25-12-18)16-5-3-7-19(28)9-16/h3-12,28H,13H2,1-2H3,(H,26,29). The Morgan fingerprint density at radius 1 is 1.10 bits per heavy atom. The number of amides is 1. The van der Waals surface area contributed by atoms with Crippen LogP contribution in [0.15, 0.2) is 65.4 Å². The number of nitrogens with zero attached hydrogens (tertiary/aromatic N) is 3. The van der Waals surface area contributed by atoms with Crippen molar-refractivity contribution >= 4 is 11.6 Å². The van der Waals surface area contributed by atoms with Crippen molar-refractivity contribution in [3.8, 4) is 22.9 Å². The van der Waals surface area contributed by atoms with Gasteiger partial charge in [0.05, 0.1) is 29.3 Å². The highest BCUT2D eigenvalue weighted by molar-refractivity contribution is 6.04. The fourth-order valence-corrected chi connectivity index (χ4v) is 2.98. The van der Waals surface area contributed by atoms with E-state index in [2.05, 4.69) is 20.4 Å². The van der Waals surface area contributed by atoms with Gasteiger partial charge in [0.25, 0.3) is 5.91 Å². The number of aromatic nitrogens is 3. The van der Waals surface area contributed by atoms with Crippen molar-refractivity contribution in [3.63, 3.8) is 0 Å². The highest BCUT2D eigenvalue weighted by Gasteiger charge is 2.12. The van der Waals surface area contributed by atoms with Crippen molar-refractivity contribution in [1.29, 1.82) is 0 Å². The first-order valence-electron chi connectivity index (χ1n) is 9.57. The molecule has 0 radical (unpaired) electrons. The van der Waals surface area contributed by atoms with Crippen LogP contribution in [0, 0.1) is 13.8 Å². The smallest absolute Gasteiger partial charge is 0.255 e. The number of phenolic OH excluding ortho intramolecular Hbond substituents is 1.